The first kappa shape index (κ1) is 87.5. The zero-order valence-corrected chi connectivity index (χ0v) is 65.9. The summed E-state index contributed by atoms with van der Waals surface area (Å²) in [7, 11) is 0. The molecule has 0 N–H and O–H groups in total. The van der Waals surface area contributed by atoms with Crippen molar-refractivity contribution in [3.8, 4) is 0 Å². The van der Waals surface area contributed by atoms with Gasteiger partial charge in [-0.1, -0.05) is 96.9 Å². The van der Waals surface area contributed by atoms with E-state index in [9.17, 15) is 0 Å². The summed E-state index contributed by atoms with van der Waals surface area (Å²) in [5.74, 6) is 10.9. The van der Waals surface area contributed by atoms with Crippen molar-refractivity contribution in [1.29, 1.82) is 0 Å². The topological polar surface area (TPSA) is 309 Å². The average molecular weight is 1350 g/mol. The Morgan fingerprint density at radius 1 is 0.242 bits per heavy atom. The molecule has 10 heterocycles. The smallest absolute Gasteiger partial charge is 0.137 e. The summed E-state index contributed by atoms with van der Waals surface area (Å²) in [6, 6.07) is 0. The first-order valence-corrected chi connectivity index (χ1v) is 33.3. The van der Waals surface area contributed by atoms with Gasteiger partial charge in [-0.15, -0.1) is 0 Å². The Hall–Kier alpha value is -9.48. The Morgan fingerprint density at radius 2 is 0.576 bits per heavy atom. The Morgan fingerprint density at radius 3 is 0.889 bits per heavy atom. The molecule has 0 unspecified atom stereocenters. The number of hydrogen-bond donors (Lipinski definition) is 0. The minimum atomic E-state index is -0.0201. The third kappa shape index (κ3) is 35.6. The fourth-order valence-electron chi connectivity index (χ4n) is 7.85. The predicted molar refractivity (Wildman–Crippen MR) is 395 cm³/mol. The van der Waals surface area contributed by atoms with Crippen LogP contribution in [0.3, 0.4) is 0 Å². The molecule has 99 heavy (non-hydrogen) atoms. The summed E-state index contributed by atoms with van der Waals surface area (Å²) in [5, 5.41) is 0. The Bertz CT molecular complexity index is 3750. The fraction of sp³-hybridized carbons (Fsp3) is 0.520. The molecule has 10 aromatic rings. The van der Waals surface area contributed by atoms with Gasteiger partial charge >= 0.3 is 0 Å². The molecule has 24 nitrogen and oxygen atoms in total. The second kappa shape index (κ2) is 43.7. The SMILES string of the molecule is Cc1cncnc1.Cc1cncnc1C.Cc1cncnc1C(C)C.Cc1nc(C(C)(C)C)nc(C(C)(C)C)n1.Cc1nc(C(C)C)nc(C(C)C)n1.Cc1nc(C)c(C)c(C)n1.Cc1nc(C)nc(C)n1.Cc1ncnc(C(C)C)c1C.Cc1ncnc(C)c1C.Cc1ncncn1. The van der Waals surface area contributed by atoms with Crippen LogP contribution in [0.1, 0.15) is 264 Å². The van der Waals surface area contributed by atoms with Crippen LogP contribution < -0.4 is 0 Å². The molecule has 10 rings (SSSR count). The van der Waals surface area contributed by atoms with E-state index in [1.165, 1.54) is 41.2 Å². The van der Waals surface area contributed by atoms with Gasteiger partial charge in [0.25, 0.3) is 0 Å². The van der Waals surface area contributed by atoms with Gasteiger partial charge < -0.3 is 0 Å². The summed E-state index contributed by atoms with van der Waals surface area (Å²) in [6.45, 7) is 67.0. The minimum Gasteiger partial charge on any atom is -0.245 e. The van der Waals surface area contributed by atoms with Gasteiger partial charge in [-0.05, 0) is 177 Å². The zero-order chi connectivity index (χ0) is 75.5. The molecule has 0 aliphatic rings. The molecule has 0 aliphatic heterocycles. The van der Waals surface area contributed by atoms with Crippen molar-refractivity contribution in [3.63, 3.8) is 0 Å². The van der Waals surface area contributed by atoms with E-state index in [4.69, 9.17) is 0 Å². The van der Waals surface area contributed by atoms with Gasteiger partial charge in [0.1, 0.15) is 108 Å². The maximum absolute atomic E-state index is 4.55. The van der Waals surface area contributed by atoms with E-state index in [1.54, 1.807) is 37.7 Å². The molecule has 0 aromatic carbocycles. The largest absolute Gasteiger partial charge is 0.245 e. The number of aromatic nitrogens is 24. The van der Waals surface area contributed by atoms with E-state index in [0.717, 1.165) is 121 Å². The first-order valence-electron chi connectivity index (χ1n) is 33.3. The standard InChI is InChI=1S/C12H21N3.C10H17N3.C9H14N2.2C8H12N2.C7H10N2.C6H9N3.C6H8N2.C5H6N2.C4H5N3/c1-8-13-9(11(2,3)4)15-10(14-8)12(5,6)7;1-6(2)9-11-8(5)12-10(13-9)7(3)4;1-6(2)9-7(3)8(4)10-5-11-9;1-6(2)8-7(3)4-9-5-10-8;1-5-6(2)9-8(4)10-7(5)3;1-5-6(2)8-4-9-7(5)3;1-4-7-5(2)9-6(3)8-4;1-5-3-7-4-8-6(5)2;1-5-2-6-4-7-3-5;1-4-6-2-5-3-7-4/h1-7H3;6-7H,1-5H3;5-6H,1-4H3;4-6H,1-3H3;1-4H3;4H,1-3H3;1-3H3;3-4H,1-2H3;2-4H,1H3;2-3H,1H3. The second-order valence-electron chi connectivity index (χ2n) is 26.9. The third-order valence-corrected chi connectivity index (χ3v) is 14.1. The molecule has 534 valence electrons. The van der Waals surface area contributed by atoms with Gasteiger partial charge in [-0.2, -0.15) is 0 Å². The maximum Gasteiger partial charge on any atom is 0.137 e. The van der Waals surface area contributed by atoms with Crippen LogP contribution in [-0.2, 0) is 10.8 Å². The number of aryl methyl sites for hydroxylation is 16. The van der Waals surface area contributed by atoms with Crippen LogP contribution in [0.15, 0.2) is 69.1 Å². The highest BCUT2D eigenvalue weighted by molar-refractivity contribution is 5.24. The van der Waals surface area contributed by atoms with Gasteiger partial charge in [-0.25, -0.2) is 120 Å². The van der Waals surface area contributed by atoms with E-state index < -0.39 is 0 Å². The van der Waals surface area contributed by atoms with Gasteiger partial charge in [0.2, 0.25) is 0 Å². The molecule has 0 atom stereocenters. The highest BCUT2D eigenvalue weighted by Gasteiger charge is 2.24. The van der Waals surface area contributed by atoms with Crippen LogP contribution >= 0.6 is 0 Å². The van der Waals surface area contributed by atoms with Crippen LogP contribution in [0.4, 0.5) is 0 Å². The van der Waals surface area contributed by atoms with Crippen LogP contribution in [-0.4, -0.2) is 120 Å². The molecule has 24 heteroatoms. The predicted octanol–water partition coefficient (Wildman–Crippen LogP) is 15.3. The summed E-state index contributed by atoms with van der Waals surface area (Å²) in [4.78, 5) is 97.8. The summed E-state index contributed by atoms with van der Waals surface area (Å²) < 4.78 is 0. The van der Waals surface area contributed by atoms with Crippen molar-refractivity contribution in [2.45, 2.75) is 263 Å². The molecule has 0 saturated carbocycles. The van der Waals surface area contributed by atoms with Crippen molar-refractivity contribution in [1.82, 2.24) is 120 Å². The molecular formula is C75H114N24. The lowest BCUT2D eigenvalue weighted by Gasteiger charge is -2.22. The fourth-order valence-corrected chi connectivity index (χ4v) is 7.85. The van der Waals surface area contributed by atoms with Gasteiger partial charge in [-0.3, -0.25) is 0 Å². The van der Waals surface area contributed by atoms with Crippen LogP contribution in [0.5, 0.6) is 0 Å². The zero-order valence-electron chi connectivity index (χ0n) is 65.9. The Balaban J connectivity index is 0.000000554. The number of rotatable bonds is 4. The van der Waals surface area contributed by atoms with E-state index >= 15 is 0 Å². The summed E-state index contributed by atoms with van der Waals surface area (Å²) >= 11 is 0. The first-order chi connectivity index (χ1) is 46.0. The lowest BCUT2D eigenvalue weighted by Crippen LogP contribution is -2.24. The highest BCUT2D eigenvalue weighted by atomic mass is 15.1. The molecule has 0 saturated heterocycles. The average Bonchev–Trinajstić information content (AvgIpc) is 0.856. The molecular weight excluding hydrogens is 1240 g/mol. The van der Waals surface area contributed by atoms with Gasteiger partial charge in [0.15, 0.2) is 0 Å². The third-order valence-electron chi connectivity index (χ3n) is 14.1. The molecule has 0 amide bonds. The van der Waals surface area contributed by atoms with E-state index in [-0.39, 0.29) is 10.8 Å². The molecule has 0 fully saturated rings. The Kier molecular flexibility index (Phi) is 38.7. The van der Waals surface area contributed by atoms with Crippen LogP contribution in [0.25, 0.3) is 0 Å². The van der Waals surface area contributed by atoms with Crippen molar-refractivity contribution in [2.75, 3.05) is 0 Å². The maximum atomic E-state index is 4.55. The van der Waals surface area contributed by atoms with Crippen molar-refractivity contribution in [2.24, 2.45) is 0 Å². The van der Waals surface area contributed by atoms with Crippen molar-refractivity contribution >= 4 is 0 Å². The quantitative estimate of drug-likeness (QED) is 0.158. The summed E-state index contributed by atoms with van der Waals surface area (Å²) in [5.41, 5.74) is 15.8. The molecule has 0 aliphatic carbocycles. The van der Waals surface area contributed by atoms with Crippen molar-refractivity contribution < 1.29 is 0 Å². The van der Waals surface area contributed by atoms with E-state index in [2.05, 4.69) is 223 Å². The second-order valence-corrected chi connectivity index (χ2v) is 26.9. The summed E-state index contributed by atoms with van der Waals surface area (Å²) in [6.07, 6.45) is 18.1. The van der Waals surface area contributed by atoms with Crippen LogP contribution in [0.2, 0.25) is 0 Å². The molecule has 0 bridgehead atoms. The monoisotopic (exact) mass is 1350 g/mol. The Labute approximate surface area is 592 Å². The van der Waals surface area contributed by atoms with E-state index in [0.29, 0.717) is 23.7 Å². The normalized spacial score (nSPS) is 10.4. The molecule has 0 spiro atoms. The number of hydrogen-bond acceptors (Lipinski definition) is 24. The molecule has 0 radical (unpaired) electrons. The minimum absolute atomic E-state index is 0.0201. The lowest BCUT2D eigenvalue weighted by atomic mass is 9.93. The van der Waals surface area contributed by atoms with Crippen molar-refractivity contribution in [3.05, 3.63) is 212 Å². The van der Waals surface area contributed by atoms with E-state index in [1.807, 2.05) is 137 Å². The molecule has 10 aromatic heterocycles. The lowest BCUT2D eigenvalue weighted by molar-refractivity contribution is 0.491. The van der Waals surface area contributed by atoms with Crippen LogP contribution in [0, 0.1) is 132 Å². The van der Waals surface area contributed by atoms with Gasteiger partial charge in [0, 0.05) is 93.0 Å². The number of nitrogens with zero attached hydrogens (tertiary/aromatic N) is 24. The highest BCUT2D eigenvalue weighted by Crippen LogP contribution is 2.23. The van der Waals surface area contributed by atoms with Gasteiger partial charge in [0.05, 0.1) is 0 Å².